The highest BCUT2D eigenvalue weighted by atomic mass is 16.1. The Labute approximate surface area is 199 Å². The molecule has 6 N–H and O–H groups in total. The average molecular weight is 461 g/mol. The van der Waals surface area contributed by atoms with Gasteiger partial charge in [0.25, 0.3) is 0 Å². The number of nitrogens with zero attached hydrogens (tertiary/aromatic N) is 3. The lowest BCUT2D eigenvalue weighted by molar-refractivity contribution is -0.121. The van der Waals surface area contributed by atoms with Gasteiger partial charge in [0.1, 0.15) is 5.69 Å². The maximum absolute atomic E-state index is 11.9. The lowest BCUT2D eigenvalue weighted by Crippen LogP contribution is -2.38. The Balaban J connectivity index is 1.36. The van der Waals surface area contributed by atoms with Crippen molar-refractivity contribution in [1.29, 1.82) is 0 Å². The van der Waals surface area contributed by atoms with E-state index in [9.17, 15) is 4.79 Å². The number of hydrogen-bond donors (Lipinski definition) is 5. The number of anilines is 1. The summed E-state index contributed by atoms with van der Waals surface area (Å²) in [6.07, 6.45) is 6.14. The van der Waals surface area contributed by atoms with Crippen LogP contribution in [0.3, 0.4) is 0 Å². The molecule has 0 radical (unpaired) electrons. The Kier molecular flexibility index (Phi) is 6.30. The van der Waals surface area contributed by atoms with E-state index >= 15 is 0 Å². The van der Waals surface area contributed by atoms with Crippen molar-refractivity contribution < 1.29 is 4.79 Å². The highest BCUT2D eigenvalue weighted by Crippen LogP contribution is 2.44. The Morgan fingerprint density at radius 3 is 2.74 bits per heavy atom. The molecule has 9 nitrogen and oxygen atoms in total. The van der Waals surface area contributed by atoms with Crippen LogP contribution in [0, 0.1) is 11.8 Å². The molecule has 4 unspecified atom stereocenters. The van der Waals surface area contributed by atoms with E-state index in [1.807, 2.05) is 14.0 Å². The van der Waals surface area contributed by atoms with Gasteiger partial charge in [-0.05, 0) is 42.9 Å². The van der Waals surface area contributed by atoms with Crippen LogP contribution in [0.4, 0.5) is 5.82 Å². The Hall–Kier alpha value is -3.30. The van der Waals surface area contributed by atoms with Gasteiger partial charge in [-0.2, -0.15) is 0 Å². The fraction of sp³-hybridized carbons (Fsp3) is 0.440. The summed E-state index contributed by atoms with van der Waals surface area (Å²) in [5.74, 6) is 1.90. The SMILES string of the molecule is CCC(=O)NC1CCC2C(c3cnc(N)c(-c4ncc(-c5ccc(CNC)cc5)[nH]4)n3)NCC12. The van der Waals surface area contributed by atoms with Crippen molar-refractivity contribution in [2.24, 2.45) is 11.8 Å². The molecule has 1 amide bonds. The van der Waals surface area contributed by atoms with E-state index in [2.05, 4.69) is 55.2 Å². The highest BCUT2D eigenvalue weighted by Gasteiger charge is 2.46. The van der Waals surface area contributed by atoms with Crippen molar-refractivity contribution >= 4 is 11.7 Å². The van der Waals surface area contributed by atoms with Crippen LogP contribution in [0.2, 0.25) is 0 Å². The number of hydrogen-bond acceptors (Lipinski definition) is 7. The molecule has 1 aliphatic heterocycles. The molecular formula is C25H32N8O. The third kappa shape index (κ3) is 4.28. The number of benzene rings is 1. The molecule has 2 aliphatic rings. The smallest absolute Gasteiger partial charge is 0.219 e. The summed E-state index contributed by atoms with van der Waals surface area (Å²) in [4.78, 5) is 29.2. The molecule has 1 saturated heterocycles. The van der Waals surface area contributed by atoms with Crippen LogP contribution in [-0.2, 0) is 11.3 Å². The van der Waals surface area contributed by atoms with Crippen LogP contribution in [0.15, 0.2) is 36.7 Å². The molecule has 2 fully saturated rings. The maximum Gasteiger partial charge on any atom is 0.219 e. The van der Waals surface area contributed by atoms with Gasteiger partial charge in [0.15, 0.2) is 11.6 Å². The molecule has 3 aromatic rings. The van der Waals surface area contributed by atoms with Crippen LogP contribution in [0.25, 0.3) is 22.8 Å². The molecule has 0 bridgehead atoms. The number of H-pyrrole nitrogens is 1. The van der Waals surface area contributed by atoms with Gasteiger partial charge in [-0.25, -0.2) is 15.0 Å². The van der Waals surface area contributed by atoms with Crippen molar-refractivity contribution in [2.45, 2.75) is 44.8 Å². The number of amides is 1. The molecule has 5 rings (SSSR count). The number of aromatic amines is 1. The van der Waals surface area contributed by atoms with Crippen molar-refractivity contribution in [3.8, 4) is 22.8 Å². The third-order valence-electron chi connectivity index (χ3n) is 7.13. The van der Waals surface area contributed by atoms with Gasteiger partial charge >= 0.3 is 0 Å². The van der Waals surface area contributed by atoms with Gasteiger partial charge in [-0.1, -0.05) is 31.2 Å². The topological polar surface area (TPSA) is 134 Å². The minimum absolute atomic E-state index is 0.0922. The van der Waals surface area contributed by atoms with Gasteiger partial charge in [-0.3, -0.25) is 4.79 Å². The van der Waals surface area contributed by atoms with Crippen molar-refractivity contribution in [3.05, 3.63) is 47.9 Å². The molecule has 1 aliphatic carbocycles. The predicted molar refractivity (Wildman–Crippen MR) is 131 cm³/mol. The van der Waals surface area contributed by atoms with Crippen LogP contribution in [0.1, 0.15) is 43.5 Å². The molecular weight excluding hydrogens is 428 g/mol. The molecule has 1 aromatic carbocycles. The summed E-state index contributed by atoms with van der Waals surface area (Å²) in [6, 6.07) is 8.66. The molecule has 2 aromatic heterocycles. The summed E-state index contributed by atoms with van der Waals surface area (Å²) >= 11 is 0. The second kappa shape index (κ2) is 9.52. The monoisotopic (exact) mass is 460 g/mol. The number of nitrogen functional groups attached to an aromatic ring is 1. The number of carbonyl (C=O) groups is 1. The van der Waals surface area contributed by atoms with E-state index < -0.39 is 0 Å². The van der Waals surface area contributed by atoms with Gasteiger partial charge in [0.05, 0.1) is 29.8 Å². The summed E-state index contributed by atoms with van der Waals surface area (Å²) in [6.45, 7) is 3.58. The van der Waals surface area contributed by atoms with E-state index in [1.54, 1.807) is 12.4 Å². The zero-order valence-corrected chi connectivity index (χ0v) is 19.6. The van der Waals surface area contributed by atoms with Gasteiger partial charge < -0.3 is 26.7 Å². The van der Waals surface area contributed by atoms with Crippen molar-refractivity contribution in [1.82, 2.24) is 35.9 Å². The van der Waals surface area contributed by atoms with Crippen LogP contribution in [-0.4, -0.2) is 45.5 Å². The number of rotatable bonds is 7. The average Bonchev–Trinajstić information content (AvgIpc) is 3.58. The molecule has 9 heteroatoms. The summed E-state index contributed by atoms with van der Waals surface area (Å²) in [7, 11) is 1.94. The van der Waals surface area contributed by atoms with E-state index in [0.717, 1.165) is 42.9 Å². The second-order valence-corrected chi connectivity index (χ2v) is 9.22. The number of nitrogens with two attached hydrogens (primary N) is 1. The first-order valence-electron chi connectivity index (χ1n) is 12.0. The molecule has 1 saturated carbocycles. The van der Waals surface area contributed by atoms with E-state index in [-0.39, 0.29) is 18.0 Å². The van der Waals surface area contributed by atoms with Gasteiger partial charge in [-0.15, -0.1) is 0 Å². The minimum Gasteiger partial charge on any atom is -0.382 e. The van der Waals surface area contributed by atoms with Crippen LogP contribution < -0.4 is 21.7 Å². The number of fused-ring (bicyclic) bond motifs is 1. The maximum atomic E-state index is 11.9. The van der Waals surface area contributed by atoms with Gasteiger partial charge in [0, 0.05) is 25.6 Å². The first-order chi connectivity index (χ1) is 16.6. The fourth-order valence-electron chi connectivity index (χ4n) is 5.36. The minimum atomic E-state index is 0.0922. The number of imidazole rings is 1. The summed E-state index contributed by atoms with van der Waals surface area (Å²) in [5, 5.41) is 9.96. The van der Waals surface area contributed by atoms with E-state index in [1.165, 1.54) is 5.56 Å². The predicted octanol–water partition coefficient (Wildman–Crippen LogP) is 2.40. The fourth-order valence-corrected chi connectivity index (χ4v) is 5.36. The quantitative estimate of drug-likeness (QED) is 0.365. The number of carbonyl (C=O) groups excluding carboxylic acids is 1. The molecule has 3 heterocycles. The van der Waals surface area contributed by atoms with Crippen molar-refractivity contribution in [2.75, 3.05) is 19.3 Å². The lowest BCUT2D eigenvalue weighted by Gasteiger charge is -2.20. The van der Waals surface area contributed by atoms with E-state index in [4.69, 9.17) is 10.7 Å². The van der Waals surface area contributed by atoms with Crippen molar-refractivity contribution in [3.63, 3.8) is 0 Å². The molecule has 34 heavy (non-hydrogen) atoms. The normalized spacial score (nSPS) is 23.7. The second-order valence-electron chi connectivity index (χ2n) is 9.22. The molecule has 4 atom stereocenters. The Bertz CT molecular complexity index is 1160. The summed E-state index contributed by atoms with van der Waals surface area (Å²) in [5.41, 5.74) is 10.8. The highest BCUT2D eigenvalue weighted by molar-refractivity contribution is 5.76. The van der Waals surface area contributed by atoms with Crippen LogP contribution >= 0.6 is 0 Å². The zero-order chi connectivity index (χ0) is 23.7. The first kappa shape index (κ1) is 22.5. The first-order valence-corrected chi connectivity index (χ1v) is 12.0. The van der Waals surface area contributed by atoms with Crippen LogP contribution in [0.5, 0.6) is 0 Å². The standard InChI is InChI=1S/C25H32N8O/c1-3-21(34)31-18-9-8-16-17(18)11-28-22(16)20-13-29-24(26)23(32-20)25-30-12-19(33-25)15-6-4-14(5-7-15)10-27-2/h4-7,12-13,16-18,22,27-28H,3,8-11H2,1-2H3,(H2,26,29)(H,30,33)(H,31,34). The Morgan fingerprint density at radius 1 is 1.15 bits per heavy atom. The lowest BCUT2D eigenvalue weighted by atomic mass is 9.91. The van der Waals surface area contributed by atoms with E-state index in [0.29, 0.717) is 35.6 Å². The number of nitrogens with one attached hydrogen (secondary N) is 4. The number of aromatic nitrogens is 4. The zero-order valence-electron chi connectivity index (χ0n) is 19.6. The van der Waals surface area contributed by atoms with Gasteiger partial charge in [0.2, 0.25) is 5.91 Å². The Morgan fingerprint density at radius 2 is 1.97 bits per heavy atom. The molecule has 178 valence electrons. The largest absolute Gasteiger partial charge is 0.382 e. The summed E-state index contributed by atoms with van der Waals surface area (Å²) < 4.78 is 0. The third-order valence-corrected chi connectivity index (χ3v) is 7.13. The molecule has 0 spiro atoms.